The van der Waals surface area contributed by atoms with Crippen LogP contribution in [0.15, 0.2) is 0 Å². The van der Waals surface area contributed by atoms with Gasteiger partial charge in [0.1, 0.15) is 0 Å². The standard InChI is InChI=1S/C11H24N4O2/c1-2-11(16)17-15-9-7-13-5-3-12-4-6-14-8-10-15/h12-14H,2-10H2,1H3. The van der Waals surface area contributed by atoms with Crippen molar-refractivity contribution in [3.8, 4) is 0 Å². The van der Waals surface area contributed by atoms with Crippen molar-refractivity contribution in [3.63, 3.8) is 0 Å². The van der Waals surface area contributed by atoms with Crippen LogP contribution in [0.25, 0.3) is 0 Å². The largest absolute Gasteiger partial charge is 0.368 e. The first-order valence-electron chi connectivity index (χ1n) is 6.41. The summed E-state index contributed by atoms with van der Waals surface area (Å²) in [6, 6.07) is 0. The van der Waals surface area contributed by atoms with Gasteiger partial charge in [0.05, 0.1) is 0 Å². The third-order valence-corrected chi connectivity index (χ3v) is 2.55. The quantitative estimate of drug-likeness (QED) is 0.575. The molecule has 0 saturated carbocycles. The number of carbonyl (C=O) groups is 1. The normalized spacial score (nSPS) is 21.2. The van der Waals surface area contributed by atoms with Crippen molar-refractivity contribution >= 4 is 5.97 Å². The van der Waals surface area contributed by atoms with Gasteiger partial charge < -0.3 is 20.8 Å². The zero-order valence-corrected chi connectivity index (χ0v) is 10.6. The van der Waals surface area contributed by atoms with Crippen LogP contribution in [0.5, 0.6) is 0 Å². The van der Waals surface area contributed by atoms with E-state index in [9.17, 15) is 4.79 Å². The summed E-state index contributed by atoms with van der Waals surface area (Å²) in [5.41, 5.74) is 0. The summed E-state index contributed by atoms with van der Waals surface area (Å²) >= 11 is 0. The lowest BCUT2D eigenvalue weighted by Crippen LogP contribution is -2.42. The number of hydrogen-bond acceptors (Lipinski definition) is 6. The van der Waals surface area contributed by atoms with E-state index in [0.29, 0.717) is 6.42 Å². The molecule has 1 heterocycles. The first-order valence-corrected chi connectivity index (χ1v) is 6.41. The molecule has 0 radical (unpaired) electrons. The van der Waals surface area contributed by atoms with Crippen LogP contribution >= 0.6 is 0 Å². The van der Waals surface area contributed by atoms with Crippen LogP contribution < -0.4 is 16.0 Å². The highest BCUT2D eigenvalue weighted by atomic mass is 16.7. The molecule has 0 aromatic heterocycles. The maximum Gasteiger partial charge on any atom is 0.324 e. The Bertz CT molecular complexity index is 202. The second kappa shape index (κ2) is 9.35. The summed E-state index contributed by atoms with van der Waals surface area (Å²) in [6.07, 6.45) is 0.418. The second-order valence-corrected chi connectivity index (χ2v) is 4.00. The summed E-state index contributed by atoms with van der Waals surface area (Å²) in [5.74, 6) is -0.168. The Morgan fingerprint density at radius 3 is 1.94 bits per heavy atom. The van der Waals surface area contributed by atoms with E-state index < -0.39 is 0 Å². The molecule has 0 amide bonds. The van der Waals surface area contributed by atoms with Crippen LogP contribution in [0.2, 0.25) is 0 Å². The van der Waals surface area contributed by atoms with Crippen LogP contribution in [-0.4, -0.2) is 63.4 Å². The second-order valence-electron chi connectivity index (χ2n) is 4.00. The maximum absolute atomic E-state index is 11.2. The Labute approximate surface area is 103 Å². The first-order chi connectivity index (χ1) is 8.33. The van der Waals surface area contributed by atoms with E-state index in [1.54, 1.807) is 12.0 Å². The van der Waals surface area contributed by atoms with Crippen molar-refractivity contribution in [1.29, 1.82) is 0 Å². The van der Waals surface area contributed by atoms with E-state index in [4.69, 9.17) is 4.84 Å². The fourth-order valence-corrected chi connectivity index (χ4v) is 1.55. The van der Waals surface area contributed by atoms with Gasteiger partial charge in [-0.15, -0.1) is 5.06 Å². The third kappa shape index (κ3) is 7.27. The number of nitrogens with zero attached hydrogens (tertiary/aromatic N) is 1. The van der Waals surface area contributed by atoms with Crippen molar-refractivity contribution in [2.45, 2.75) is 13.3 Å². The first kappa shape index (κ1) is 14.4. The molecule has 6 nitrogen and oxygen atoms in total. The van der Waals surface area contributed by atoms with E-state index in [0.717, 1.165) is 52.4 Å². The van der Waals surface area contributed by atoms with Crippen molar-refractivity contribution < 1.29 is 9.63 Å². The molecule has 0 bridgehead atoms. The summed E-state index contributed by atoms with van der Waals surface area (Å²) < 4.78 is 0. The van der Waals surface area contributed by atoms with Gasteiger partial charge in [-0.2, -0.15) is 0 Å². The van der Waals surface area contributed by atoms with Gasteiger partial charge in [-0.1, -0.05) is 6.92 Å². The van der Waals surface area contributed by atoms with Gasteiger partial charge in [-0.3, -0.25) is 4.79 Å². The number of rotatable bonds is 2. The molecule has 0 atom stereocenters. The van der Waals surface area contributed by atoms with Gasteiger partial charge in [0, 0.05) is 58.8 Å². The van der Waals surface area contributed by atoms with Gasteiger partial charge in [0.2, 0.25) is 0 Å². The molecule has 100 valence electrons. The Kier molecular flexibility index (Phi) is 7.91. The average molecular weight is 244 g/mol. The topological polar surface area (TPSA) is 65.6 Å². The highest BCUT2D eigenvalue weighted by Crippen LogP contribution is 1.93. The van der Waals surface area contributed by atoms with Crippen LogP contribution in [0.3, 0.4) is 0 Å². The monoisotopic (exact) mass is 244 g/mol. The maximum atomic E-state index is 11.2. The van der Waals surface area contributed by atoms with Crippen LogP contribution in [0.4, 0.5) is 0 Å². The van der Waals surface area contributed by atoms with Crippen LogP contribution in [-0.2, 0) is 9.63 Å². The van der Waals surface area contributed by atoms with Gasteiger partial charge in [0.15, 0.2) is 0 Å². The molecule has 17 heavy (non-hydrogen) atoms. The lowest BCUT2D eigenvalue weighted by Gasteiger charge is -2.22. The highest BCUT2D eigenvalue weighted by Gasteiger charge is 2.09. The van der Waals surface area contributed by atoms with Gasteiger partial charge >= 0.3 is 5.97 Å². The van der Waals surface area contributed by atoms with Crippen molar-refractivity contribution in [1.82, 2.24) is 21.0 Å². The molecule has 1 fully saturated rings. The number of carbonyl (C=O) groups excluding carboxylic acids is 1. The van der Waals surface area contributed by atoms with Crippen molar-refractivity contribution in [3.05, 3.63) is 0 Å². The molecule has 6 heteroatoms. The van der Waals surface area contributed by atoms with E-state index >= 15 is 0 Å². The highest BCUT2D eigenvalue weighted by molar-refractivity contribution is 5.68. The summed E-state index contributed by atoms with van der Waals surface area (Å²) in [6.45, 7) is 8.75. The summed E-state index contributed by atoms with van der Waals surface area (Å²) in [4.78, 5) is 16.5. The van der Waals surface area contributed by atoms with E-state index in [1.807, 2.05) is 0 Å². The fraction of sp³-hybridized carbons (Fsp3) is 0.909. The van der Waals surface area contributed by atoms with Gasteiger partial charge in [-0.25, -0.2) is 0 Å². The van der Waals surface area contributed by atoms with Crippen molar-refractivity contribution in [2.24, 2.45) is 0 Å². The Hall–Kier alpha value is -0.690. The van der Waals surface area contributed by atoms with E-state index in [2.05, 4.69) is 16.0 Å². The number of hydroxylamine groups is 2. The molecule has 1 saturated heterocycles. The molecule has 0 spiro atoms. The minimum absolute atomic E-state index is 0.168. The van der Waals surface area contributed by atoms with Gasteiger partial charge in [-0.05, 0) is 0 Å². The minimum atomic E-state index is -0.168. The number of nitrogens with one attached hydrogen (secondary N) is 3. The third-order valence-electron chi connectivity index (χ3n) is 2.55. The summed E-state index contributed by atoms with van der Waals surface area (Å²) in [7, 11) is 0. The molecule has 3 N–H and O–H groups in total. The lowest BCUT2D eigenvalue weighted by molar-refractivity contribution is -0.189. The minimum Gasteiger partial charge on any atom is -0.368 e. The Morgan fingerprint density at radius 1 is 1.00 bits per heavy atom. The van der Waals surface area contributed by atoms with E-state index in [-0.39, 0.29) is 5.97 Å². The molecule has 0 unspecified atom stereocenters. The fourth-order valence-electron chi connectivity index (χ4n) is 1.55. The molecule has 1 rings (SSSR count). The molecule has 0 aliphatic carbocycles. The average Bonchev–Trinajstić information content (AvgIpc) is 2.32. The SMILES string of the molecule is CCC(=O)ON1CCNCCNCCNCC1. The Balaban J connectivity index is 2.29. The molecular formula is C11H24N4O2. The van der Waals surface area contributed by atoms with Gasteiger partial charge in [0.25, 0.3) is 0 Å². The van der Waals surface area contributed by atoms with Crippen LogP contribution in [0.1, 0.15) is 13.3 Å². The summed E-state index contributed by atoms with van der Waals surface area (Å²) in [5, 5.41) is 11.7. The zero-order chi connectivity index (χ0) is 12.3. The zero-order valence-electron chi connectivity index (χ0n) is 10.6. The predicted octanol–water partition coefficient (Wildman–Crippen LogP) is -1.06. The number of hydrogen-bond donors (Lipinski definition) is 3. The van der Waals surface area contributed by atoms with Crippen LogP contribution in [0, 0.1) is 0 Å². The van der Waals surface area contributed by atoms with E-state index in [1.165, 1.54) is 0 Å². The molecule has 1 aliphatic heterocycles. The lowest BCUT2D eigenvalue weighted by atomic mass is 10.4. The molecule has 0 aromatic carbocycles. The van der Waals surface area contributed by atoms with Crippen molar-refractivity contribution in [2.75, 3.05) is 52.4 Å². The molecule has 0 aromatic rings. The predicted molar refractivity (Wildman–Crippen MR) is 66.6 cm³/mol. The smallest absolute Gasteiger partial charge is 0.324 e. The molecule has 1 aliphatic rings. The Morgan fingerprint density at radius 2 is 1.47 bits per heavy atom. The molecular weight excluding hydrogens is 220 g/mol.